The number of amides is 1. The van der Waals surface area contributed by atoms with Gasteiger partial charge >= 0.3 is 0 Å². The predicted molar refractivity (Wildman–Crippen MR) is 120 cm³/mol. The standard InChI is InChI=1S/C20H18BrClN4O2S/c21-14-8-6-13(7-9-14)19-24-25-20(28-19)29-12-17(27)23-16-5-3-4-15(22)18(16)26-10-1-2-11-26/h3-9H,1-2,10-12H2,(H,23,27). The van der Waals surface area contributed by atoms with E-state index in [2.05, 4.69) is 36.3 Å². The number of aromatic nitrogens is 2. The van der Waals surface area contributed by atoms with Crippen LogP contribution in [0.5, 0.6) is 0 Å². The second kappa shape index (κ2) is 9.19. The first-order valence-electron chi connectivity index (χ1n) is 9.16. The highest BCUT2D eigenvalue weighted by Crippen LogP contribution is 2.36. The lowest BCUT2D eigenvalue weighted by molar-refractivity contribution is -0.113. The topological polar surface area (TPSA) is 71.3 Å². The molecule has 3 aromatic rings. The van der Waals surface area contributed by atoms with Gasteiger partial charge in [0.2, 0.25) is 11.8 Å². The molecule has 0 unspecified atom stereocenters. The second-order valence-corrected chi connectivity index (χ2v) is 8.80. The van der Waals surface area contributed by atoms with Crippen molar-refractivity contribution in [2.75, 3.05) is 29.1 Å². The van der Waals surface area contributed by atoms with Crippen LogP contribution in [0.3, 0.4) is 0 Å². The molecule has 29 heavy (non-hydrogen) atoms. The van der Waals surface area contributed by atoms with Crippen LogP contribution in [0.2, 0.25) is 5.02 Å². The van der Waals surface area contributed by atoms with Crippen LogP contribution in [0.15, 0.2) is 56.6 Å². The van der Waals surface area contributed by atoms with E-state index in [9.17, 15) is 4.79 Å². The van der Waals surface area contributed by atoms with E-state index in [4.69, 9.17) is 16.0 Å². The Hall–Kier alpha value is -2.03. The zero-order valence-corrected chi connectivity index (χ0v) is 18.6. The lowest BCUT2D eigenvalue weighted by Crippen LogP contribution is -2.22. The summed E-state index contributed by atoms with van der Waals surface area (Å²) in [5.41, 5.74) is 2.44. The van der Waals surface area contributed by atoms with Crippen molar-refractivity contribution >= 4 is 56.6 Å². The van der Waals surface area contributed by atoms with Crippen molar-refractivity contribution in [2.45, 2.75) is 18.1 Å². The van der Waals surface area contributed by atoms with Gasteiger partial charge in [-0.3, -0.25) is 4.79 Å². The average molecular weight is 494 g/mol. The van der Waals surface area contributed by atoms with Crippen LogP contribution in [0, 0.1) is 0 Å². The fourth-order valence-electron chi connectivity index (χ4n) is 3.17. The van der Waals surface area contributed by atoms with E-state index in [1.807, 2.05) is 42.5 Å². The molecule has 0 aliphatic carbocycles. The first-order valence-corrected chi connectivity index (χ1v) is 11.3. The third-order valence-corrected chi connectivity index (χ3v) is 6.16. The maximum atomic E-state index is 12.5. The summed E-state index contributed by atoms with van der Waals surface area (Å²) in [6, 6.07) is 13.1. The highest BCUT2D eigenvalue weighted by Gasteiger charge is 2.20. The number of carbonyl (C=O) groups is 1. The zero-order chi connectivity index (χ0) is 20.2. The summed E-state index contributed by atoms with van der Waals surface area (Å²) in [7, 11) is 0. The zero-order valence-electron chi connectivity index (χ0n) is 15.4. The molecule has 6 nitrogen and oxygen atoms in total. The van der Waals surface area contributed by atoms with Crippen molar-refractivity contribution in [3.05, 3.63) is 52.0 Å². The summed E-state index contributed by atoms with van der Waals surface area (Å²) in [4.78, 5) is 14.7. The van der Waals surface area contributed by atoms with Gasteiger partial charge in [0.25, 0.3) is 5.22 Å². The predicted octanol–water partition coefficient (Wildman–Crippen LogP) is 5.48. The Bertz CT molecular complexity index is 1010. The monoisotopic (exact) mass is 492 g/mol. The number of rotatable bonds is 6. The lowest BCUT2D eigenvalue weighted by Gasteiger charge is -2.22. The maximum Gasteiger partial charge on any atom is 0.277 e. The molecule has 1 aliphatic rings. The van der Waals surface area contributed by atoms with E-state index < -0.39 is 0 Å². The van der Waals surface area contributed by atoms with Gasteiger partial charge in [0, 0.05) is 23.1 Å². The first-order chi connectivity index (χ1) is 14.1. The van der Waals surface area contributed by atoms with Gasteiger partial charge in [0.05, 0.1) is 22.2 Å². The Kier molecular flexibility index (Phi) is 6.42. The van der Waals surface area contributed by atoms with Crippen LogP contribution in [0.1, 0.15) is 12.8 Å². The fourth-order valence-corrected chi connectivity index (χ4v) is 4.29. The molecule has 9 heteroatoms. The normalized spacial score (nSPS) is 13.7. The van der Waals surface area contributed by atoms with Crippen LogP contribution in [0.4, 0.5) is 11.4 Å². The minimum Gasteiger partial charge on any atom is -0.411 e. The number of para-hydroxylation sites is 1. The molecule has 0 atom stereocenters. The quantitative estimate of drug-likeness (QED) is 0.458. The summed E-state index contributed by atoms with van der Waals surface area (Å²) >= 11 is 11.0. The molecular formula is C20H18BrClN4O2S. The third-order valence-electron chi connectivity index (χ3n) is 4.51. The molecule has 4 rings (SSSR count). The van der Waals surface area contributed by atoms with Crippen LogP contribution >= 0.6 is 39.3 Å². The van der Waals surface area contributed by atoms with Crippen LogP contribution < -0.4 is 10.2 Å². The molecule has 0 spiro atoms. The highest BCUT2D eigenvalue weighted by atomic mass is 79.9. The summed E-state index contributed by atoms with van der Waals surface area (Å²) in [5.74, 6) is 0.432. The SMILES string of the molecule is O=C(CSc1nnc(-c2ccc(Br)cc2)o1)Nc1cccc(Cl)c1N1CCCC1. The molecule has 1 amide bonds. The summed E-state index contributed by atoms with van der Waals surface area (Å²) < 4.78 is 6.62. The largest absolute Gasteiger partial charge is 0.411 e. The molecule has 0 saturated carbocycles. The maximum absolute atomic E-state index is 12.5. The Labute approximate surface area is 186 Å². The number of thioether (sulfide) groups is 1. The van der Waals surface area contributed by atoms with Gasteiger partial charge in [0.15, 0.2) is 0 Å². The van der Waals surface area contributed by atoms with E-state index in [1.165, 1.54) is 11.8 Å². The third kappa shape index (κ3) is 4.94. The number of benzene rings is 2. The van der Waals surface area contributed by atoms with Gasteiger partial charge in [-0.05, 0) is 49.2 Å². The number of carbonyl (C=O) groups excluding carboxylic acids is 1. The van der Waals surface area contributed by atoms with E-state index in [1.54, 1.807) is 0 Å². The molecule has 1 aliphatic heterocycles. The van der Waals surface area contributed by atoms with Crippen molar-refractivity contribution in [1.82, 2.24) is 10.2 Å². The Morgan fingerprint density at radius 1 is 1.17 bits per heavy atom. The van der Waals surface area contributed by atoms with Crippen molar-refractivity contribution < 1.29 is 9.21 Å². The number of halogens is 2. The van der Waals surface area contributed by atoms with Gasteiger partial charge in [-0.15, -0.1) is 10.2 Å². The fraction of sp³-hybridized carbons (Fsp3) is 0.250. The number of hydrogen-bond acceptors (Lipinski definition) is 6. The van der Waals surface area contributed by atoms with Crippen LogP contribution in [-0.4, -0.2) is 34.9 Å². The minimum absolute atomic E-state index is 0.152. The molecule has 2 heterocycles. The molecule has 0 bridgehead atoms. The molecule has 0 radical (unpaired) electrons. The molecule has 1 saturated heterocycles. The van der Waals surface area contributed by atoms with Crippen molar-refractivity contribution in [1.29, 1.82) is 0 Å². The van der Waals surface area contributed by atoms with Crippen molar-refractivity contribution in [3.8, 4) is 11.5 Å². The second-order valence-electron chi connectivity index (χ2n) is 6.55. The Morgan fingerprint density at radius 2 is 1.93 bits per heavy atom. The summed E-state index contributed by atoms with van der Waals surface area (Å²) in [5, 5.41) is 12.0. The lowest BCUT2D eigenvalue weighted by atomic mass is 10.2. The van der Waals surface area contributed by atoms with E-state index in [-0.39, 0.29) is 11.7 Å². The summed E-state index contributed by atoms with van der Waals surface area (Å²) in [6.07, 6.45) is 2.26. The molecule has 150 valence electrons. The molecule has 1 aromatic heterocycles. The molecule has 2 aromatic carbocycles. The van der Waals surface area contributed by atoms with Gasteiger partial charge in [-0.25, -0.2) is 0 Å². The van der Waals surface area contributed by atoms with Gasteiger partial charge in [0.1, 0.15) is 0 Å². The molecule has 1 fully saturated rings. The molecule has 1 N–H and O–H groups in total. The highest BCUT2D eigenvalue weighted by molar-refractivity contribution is 9.10. The van der Waals surface area contributed by atoms with Crippen LogP contribution in [-0.2, 0) is 4.79 Å². The van der Waals surface area contributed by atoms with Gasteiger partial charge < -0.3 is 14.6 Å². The smallest absolute Gasteiger partial charge is 0.277 e. The number of nitrogens with zero attached hydrogens (tertiary/aromatic N) is 3. The minimum atomic E-state index is -0.152. The van der Waals surface area contributed by atoms with Crippen LogP contribution in [0.25, 0.3) is 11.5 Å². The number of anilines is 2. The van der Waals surface area contributed by atoms with Gasteiger partial charge in [-0.1, -0.05) is 45.4 Å². The van der Waals surface area contributed by atoms with E-state index in [0.29, 0.717) is 16.1 Å². The first kappa shape index (κ1) is 20.3. The Balaban J connectivity index is 1.39. The van der Waals surface area contributed by atoms with Gasteiger partial charge in [-0.2, -0.15) is 0 Å². The van der Waals surface area contributed by atoms with Crippen molar-refractivity contribution in [2.24, 2.45) is 0 Å². The van der Waals surface area contributed by atoms with E-state index in [0.717, 1.165) is 47.3 Å². The Morgan fingerprint density at radius 3 is 2.69 bits per heavy atom. The molecular weight excluding hydrogens is 476 g/mol. The average Bonchev–Trinajstić information content (AvgIpc) is 3.39. The number of hydrogen-bond donors (Lipinski definition) is 1. The van der Waals surface area contributed by atoms with Crippen molar-refractivity contribution in [3.63, 3.8) is 0 Å². The van der Waals surface area contributed by atoms with E-state index >= 15 is 0 Å². The number of nitrogens with one attached hydrogen (secondary N) is 1. The summed E-state index contributed by atoms with van der Waals surface area (Å²) in [6.45, 7) is 1.89.